The van der Waals surface area contributed by atoms with Crippen LogP contribution in [0.1, 0.15) is 36.0 Å². The van der Waals surface area contributed by atoms with E-state index in [0.29, 0.717) is 17.9 Å². The lowest BCUT2D eigenvalue weighted by Gasteiger charge is -2.26. The zero-order valence-corrected chi connectivity index (χ0v) is 9.47. The minimum Gasteiger partial charge on any atom is -0.393 e. The van der Waals surface area contributed by atoms with Crippen LogP contribution < -0.4 is 11.1 Å². The van der Waals surface area contributed by atoms with Crippen molar-refractivity contribution >= 4 is 11.9 Å². The largest absolute Gasteiger partial charge is 0.393 e. The summed E-state index contributed by atoms with van der Waals surface area (Å²) in [6.45, 7) is 0. The predicted molar refractivity (Wildman–Crippen MR) is 62.4 cm³/mol. The molecule has 0 bridgehead atoms. The molecule has 1 heterocycles. The van der Waals surface area contributed by atoms with Gasteiger partial charge in [0.1, 0.15) is 0 Å². The molecule has 1 amide bonds. The predicted octanol–water partition coefficient (Wildman–Crippen LogP) is 0.291. The first-order chi connectivity index (χ1) is 8.15. The molecule has 1 aromatic heterocycles. The third kappa shape index (κ3) is 3.13. The normalized spacial score (nSPS) is 24.3. The number of hydrogen-bond acceptors (Lipinski definition) is 5. The molecule has 1 saturated carbocycles. The Morgan fingerprint density at radius 3 is 2.71 bits per heavy atom. The average Bonchev–Trinajstić information content (AvgIpc) is 2.29. The van der Waals surface area contributed by atoms with Crippen molar-refractivity contribution in [2.45, 2.75) is 37.8 Å². The van der Waals surface area contributed by atoms with Crippen molar-refractivity contribution in [2.75, 3.05) is 5.32 Å². The van der Waals surface area contributed by atoms with Crippen LogP contribution in [0.5, 0.6) is 0 Å². The highest BCUT2D eigenvalue weighted by Gasteiger charge is 2.20. The van der Waals surface area contributed by atoms with Gasteiger partial charge in [0, 0.05) is 18.4 Å². The number of nitrogens with two attached hydrogens (primary N) is 1. The molecule has 0 unspecified atom stereocenters. The number of aliphatic hydroxyl groups excluding tert-OH is 1. The highest BCUT2D eigenvalue weighted by molar-refractivity contribution is 5.92. The Hall–Kier alpha value is -1.69. The first-order valence-corrected chi connectivity index (χ1v) is 5.71. The Kier molecular flexibility index (Phi) is 3.53. The van der Waals surface area contributed by atoms with Crippen molar-refractivity contribution in [2.24, 2.45) is 5.73 Å². The second kappa shape index (κ2) is 5.09. The van der Waals surface area contributed by atoms with Crippen molar-refractivity contribution in [1.82, 2.24) is 9.97 Å². The Bertz CT molecular complexity index is 393. The van der Waals surface area contributed by atoms with Crippen LogP contribution in [0.4, 0.5) is 5.95 Å². The smallest absolute Gasteiger partial charge is 0.251 e. The van der Waals surface area contributed by atoms with E-state index in [2.05, 4.69) is 15.3 Å². The van der Waals surface area contributed by atoms with Gasteiger partial charge in [-0.15, -0.1) is 0 Å². The van der Waals surface area contributed by atoms with E-state index in [4.69, 9.17) is 5.73 Å². The lowest BCUT2D eigenvalue weighted by molar-refractivity contribution is 0.0999. The molecule has 6 nitrogen and oxygen atoms in total. The van der Waals surface area contributed by atoms with E-state index in [1.54, 1.807) is 0 Å². The summed E-state index contributed by atoms with van der Waals surface area (Å²) in [7, 11) is 0. The van der Waals surface area contributed by atoms with Crippen LogP contribution >= 0.6 is 0 Å². The summed E-state index contributed by atoms with van der Waals surface area (Å²) in [6, 6.07) is 0.193. The minimum atomic E-state index is -0.537. The van der Waals surface area contributed by atoms with Crippen LogP contribution in [0.3, 0.4) is 0 Å². The molecule has 1 aliphatic carbocycles. The maximum atomic E-state index is 10.8. The molecule has 0 aromatic carbocycles. The molecule has 4 N–H and O–H groups in total. The summed E-state index contributed by atoms with van der Waals surface area (Å²) in [5.74, 6) is -0.0706. The minimum absolute atomic E-state index is 0.193. The van der Waals surface area contributed by atoms with E-state index in [0.717, 1.165) is 19.3 Å². The summed E-state index contributed by atoms with van der Waals surface area (Å²) in [5.41, 5.74) is 5.38. The molecule has 0 spiro atoms. The number of aromatic nitrogens is 2. The highest BCUT2D eigenvalue weighted by Crippen LogP contribution is 2.20. The zero-order valence-electron chi connectivity index (χ0n) is 9.47. The number of rotatable bonds is 3. The summed E-state index contributed by atoms with van der Waals surface area (Å²) >= 11 is 0. The topological polar surface area (TPSA) is 101 Å². The Morgan fingerprint density at radius 2 is 2.12 bits per heavy atom. The van der Waals surface area contributed by atoms with Crippen molar-refractivity contribution in [1.29, 1.82) is 0 Å². The van der Waals surface area contributed by atoms with Gasteiger partial charge >= 0.3 is 0 Å². The first-order valence-electron chi connectivity index (χ1n) is 5.71. The fraction of sp³-hybridized carbons (Fsp3) is 0.545. The molecular weight excluding hydrogens is 220 g/mol. The molecule has 2 atom stereocenters. The number of nitrogens with zero attached hydrogens (tertiary/aromatic N) is 2. The van der Waals surface area contributed by atoms with Gasteiger partial charge in [-0.3, -0.25) is 4.79 Å². The van der Waals surface area contributed by atoms with Crippen LogP contribution in [-0.4, -0.2) is 33.1 Å². The SMILES string of the molecule is NC(=O)c1cnc(N[C@@H]2CCC[C@H](O)C2)nc1. The van der Waals surface area contributed by atoms with E-state index in [1.165, 1.54) is 12.4 Å². The molecule has 0 radical (unpaired) electrons. The molecule has 2 rings (SSSR count). The maximum absolute atomic E-state index is 10.8. The van der Waals surface area contributed by atoms with Gasteiger partial charge in [0.25, 0.3) is 5.91 Å². The number of nitrogens with one attached hydrogen (secondary N) is 1. The van der Waals surface area contributed by atoms with Gasteiger partial charge in [-0.05, 0) is 25.7 Å². The molecule has 1 aromatic rings. The quantitative estimate of drug-likeness (QED) is 0.700. The molecule has 1 fully saturated rings. The second-order valence-electron chi connectivity index (χ2n) is 4.32. The lowest BCUT2D eigenvalue weighted by Crippen LogP contribution is -2.30. The second-order valence-corrected chi connectivity index (χ2v) is 4.32. The standard InChI is InChI=1S/C11H16N4O2/c12-10(17)7-5-13-11(14-6-7)15-8-2-1-3-9(16)4-8/h5-6,8-9,16H,1-4H2,(H2,12,17)(H,13,14,15)/t8-,9+/m1/s1. The van der Waals surface area contributed by atoms with Gasteiger partial charge in [0.2, 0.25) is 5.95 Å². The van der Waals surface area contributed by atoms with E-state index in [-0.39, 0.29) is 12.1 Å². The number of amides is 1. The van der Waals surface area contributed by atoms with Gasteiger partial charge < -0.3 is 16.2 Å². The van der Waals surface area contributed by atoms with Crippen LogP contribution in [-0.2, 0) is 0 Å². The maximum Gasteiger partial charge on any atom is 0.251 e. The Balaban J connectivity index is 1.96. The van der Waals surface area contributed by atoms with E-state index in [9.17, 15) is 9.90 Å². The van der Waals surface area contributed by atoms with Crippen molar-refractivity contribution in [3.05, 3.63) is 18.0 Å². The van der Waals surface area contributed by atoms with Gasteiger partial charge in [-0.2, -0.15) is 0 Å². The highest BCUT2D eigenvalue weighted by atomic mass is 16.3. The average molecular weight is 236 g/mol. The first kappa shape index (κ1) is 11.8. The van der Waals surface area contributed by atoms with Gasteiger partial charge in [0.15, 0.2) is 0 Å². The summed E-state index contributed by atoms with van der Waals surface area (Å²) < 4.78 is 0. The Labute approximate surface area is 99.3 Å². The summed E-state index contributed by atoms with van der Waals surface area (Å²) in [5, 5.41) is 12.7. The molecular formula is C11H16N4O2. The Morgan fingerprint density at radius 1 is 1.41 bits per heavy atom. The van der Waals surface area contributed by atoms with E-state index < -0.39 is 5.91 Å². The number of primary amides is 1. The number of carbonyl (C=O) groups excluding carboxylic acids is 1. The van der Waals surface area contributed by atoms with Crippen molar-refractivity contribution < 1.29 is 9.90 Å². The van der Waals surface area contributed by atoms with Crippen LogP contribution in [0.2, 0.25) is 0 Å². The third-order valence-electron chi connectivity index (χ3n) is 2.92. The van der Waals surface area contributed by atoms with Crippen molar-refractivity contribution in [3.63, 3.8) is 0 Å². The molecule has 17 heavy (non-hydrogen) atoms. The summed E-state index contributed by atoms with van der Waals surface area (Å²) in [4.78, 5) is 18.9. The van der Waals surface area contributed by atoms with Crippen LogP contribution in [0.15, 0.2) is 12.4 Å². The number of anilines is 1. The van der Waals surface area contributed by atoms with E-state index >= 15 is 0 Å². The number of aliphatic hydroxyl groups is 1. The molecule has 92 valence electrons. The number of hydrogen-bond donors (Lipinski definition) is 3. The molecule has 0 aliphatic heterocycles. The molecule has 6 heteroatoms. The van der Waals surface area contributed by atoms with Crippen molar-refractivity contribution in [3.8, 4) is 0 Å². The van der Waals surface area contributed by atoms with Crippen LogP contribution in [0, 0.1) is 0 Å². The van der Waals surface area contributed by atoms with E-state index in [1.807, 2.05) is 0 Å². The lowest BCUT2D eigenvalue weighted by atomic mass is 9.93. The zero-order chi connectivity index (χ0) is 12.3. The number of carbonyl (C=O) groups is 1. The third-order valence-corrected chi connectivity index (χ3v) is 2.92. The van der Waals surface area contributed by atoms with Gasteiger partial charge in [0.05, 0.1) is 11.7 Å². The van der Waals surface area contributed by atoms with Gasteiger partial charge in [-0.1, -0.05) is 0 Å². The molecule has 1 aliphatic rings. The fourth-order valence-corrected chi connectivity index (χ4v) is 2.01. The monoisotopic (exact) mass is 236 g/mol. The summed E-state index contributed by atoms with van der Waals surface area (Å²) in [6.07, 6.45) is 6.12. The fourth-order valence-electron chi connectivity index (χ4n) is 2.01. The molecule has 0 saturated heterocycles. The van der Waals surface area contributed by atoms with Gasteiger partial charge in [-0.25, -0.2) is 9.97 Å². The van der Waals surface area contributed by atoms with Crippen LogP contribution in [0.25, 0.3) is 0 Å².